The molecule has 3 heterocycles. The molecule has 4 nitrogen and oxygen atoms in total. The maximum Gasteiger partial charge on any atom is 0.222 e. The molecule has 4 rings (SSSR count). The minimum absolute atomic E-state index is 0.331. The van der Waals surface area contributed by atoms with Crippen molar-refractivity contribution in [1.82, 2.24) is 9.80 Å². The van der Waals surface area contributed by atoms with E-state index >= 15 is 0 Å². The average Bonchev–Trinajstić information content (AvgIpc) is 3.29. The van der Waals surface area contributed by atoms with E-state index in [4.69, 9.17) is 4.74 Å². The van der Waals surface area contributed by atoms with Crippen molar-refractivity contribution in [3.05, 3.63) is 35.4 Å². The zero-order valence-electron chi connectivity index (χ0n) is 17.3. The quantitative estimate of drug-likeness (QED) is 0.750. The summed E-state index contributed by atoms with van der Waals surface area (Å²) in [5, 5.41) is 0. The summed E-state index contributed by atoms with van der Waals surface area (Å²) in [6, 6.07) is 9.83. The summed E-state index contributed by atoms with van der Waals surface area (Å²) in [6.45, 7) is 6.33. The Morgan fingerprint density at radius 3 is 2.21 bits per heavy atom. The molecule has 1 amide bonds. The van der Waals surface area contributed by atoms with E-state index in [1.54, 1.807) is 0 Å². The Balaban J connectivity index is 1.19. The van der Waals surface area contributed by atoms with Crippen LogP contribution in [0.15, 0.2) is 24.3 Å². The third-order valence-corrected chi connectivity index (χ3v) is 6.99. The van der Waals surface area contributed by atoms with Crippen molar-refractivity contribution < 1.29 is 9.53 Å². The lowest BCUT2D eigenvalue weighted by Crippen LogP contribution is -2.44. The molecule has 0 aliphatic carbocycles. The Morgan fingerprint density at radius 1 is 0.893 bits per heavy atom. The second-order valence-corrected chi connectivity index (χ2v) is 8.93. The number of rotatable bonds is 6. The summed E-state index contributed by atoms with van der Waals surface area (Å²) in [4.78, 5) is 16.9. The second kappa shape index (κ2) is 9.89. The third-order valence-electron chi connectivity index (χ3n) is 6.99. The first kappa shape index (κ1) is 19.9. The normalized spacial score (nSPS) is 22.6. The van der Waals surface area contributed by atoms with Crippen molar-refractivity contribution in [3.63, 3.8) is 0 Å². The van der Waals surface area contributed by atoms with E-state index < -0.39 is 0 Å². The zero-order chi connectivity index (χ0) is 19.2. The third kappa shape index (κ3) is 5.36. The van der Waals surface area contributed by atoms with Gasteiger partial charge in [0.05, 0.1) is 0 Å². The van der Waals surface area contributed by atoms with Crippen LogP contribution < -0.4 is 0 Å². The van der Waals surface area contributed by atoms with E-state index in [2.05, 4.69) is 29.2 Å². The summed E-state index contributed by atoms with van der Waals surface area (Å²) in [6.07, 6.45) is 10.2. The van der Waals surface area contributed by atoms with Gasteiger partial charge >= 0.3 is 0 Å². The number of amides is 1. The first-order valence-corrected chi connectivity index (χ1v) is 11.5. The van der Waals surface area contributed by atoms with Crippen molar-refractivity contribution in [2.45, 2.75) is 63.8 Å². The van der Waals surface area contributed by atoms with Crippen LogP contribution in [0.3, 0.4) is 0 Å². The molecule has 0 aromatic heterocycles. The summed E-state index contributed by atoms with van der Waals surface area (Å²) in [5.74, 6) is 1.15. The number of benzene rings is 1. The van der Waals surface area contributed by atoms with Crippen LogP contribution in [0.25, 0.3) is 0 Å². The van der Waals surface area contributed by atoms with Gasteiger partial charge in [-0.2, -0.15) is 0 Å². The van der Waals surface area contributed by atoms with Crippen molar-refractivity contribution in [2.24, 2.45) is 5.92 Å². The van der Waals surface area contributed by atoms with E-state index in [0.29, 0.717) is 12.3 Å². The first-order chi connectivity index (χ1) is 13.8. The van der Waals surface area contributed by atoms with Gasteiger partial charge in [0.1, 0.15) is 0 Å². The number of likely N-dealkylation sites (tertiary alicyclic amines) is 2. The lowest BCUT2D eigenvalue weighted by Gasteiger charge is -2.39. The summed E-state index contributed by atoms with van der Waals surface area (Å²) >= 11 is 0. The van der Waals surface area contributed by atoms with Crippen molar-refractivity contribution in [1.29, 1.82) is 0 Å². The molecule has 3 aliphatic rings. The van der Waals surface area contributed by atoms with Crippen LogP contribution in [-0.2, 0) is 22.4 Å². The number of carbonyl (C=O) groups is 1. The number of piperidine rings is 1. The number of ether oxygens (including phenoxy) is 1. The van der Waals surface area contributed by atoms with Gasteiger partial charge in [0, 0.05) is 38.8 Å². The molecule has 3 aliphatic heterocycles. The molecule has 0 radical (unpaired) electrons. The molecule has 28 heavy (non-hydrogen) atoms. The average molecular weight is 385 g/mol. The Morgan fingerprint density at radius 2 is 1.54 bits per heavy atom. The van der Waals surface area contributed by atoms with Gasteiger partial charge in [-0.05, 0) is 81.5 Å². The van der Waals surface area contributed by atoms with Gasteiger partial charge in [0.25, 0.3) is 0 Å². The minimum atomic E-state index is 0.331. The fourth-order valence-corrected chi connectivity index (χ4v) is 5.12. The van der Waals surface area contributed by atoms with E-state index in [1.165, 1.54) is 69.2 Å². The molecular formula is C24H36N2O2. The highest BCUT2D eigenvalue weighted by Gasteiger charge is 2.26. The molecule has 3 saturated heterocycles. The molecule has 0 saturated carbocycles. The number of hydrogen-bond donors (Lipinski definition) is 0. The molecule has 1 aromatic carbocycles. The first-order valence-electron chi connectivity index (χ1n) is 11.5. The molecule has 4 heteroatoms. The zero-order valence-corrected chi connectivity index (χ0v) is 17.3. The van der Waals surface area contributed by atoms with Crippen LogP contribution >= 0.6 is 0 Å². The van der Waals surface area contributed by atoms with E-state index in [1.807, 2.05) is 4.90 Å². The predicted molar refractivity (Wildman–Crippen MR) is 112 cm³/mol. The van der Waals surface area contributed by atoms with Gasteiger partial charge in [0.2, 0.25) is 5.91 Å². The largest absolute Gasteiger partial charge is 0.381 e. The highest BCUT2D eigenvalue weighted by atomic mass is 16.5. The van der Waals surface area contributed by atoms with Gasteiger partial charge < -0.3 is 14.5 Å². The molecule has 0 unspecified atom stereocenters. The highest BCUT2D eigenvalue weighted by Crippen LogP contribution is 2.26. The van der Waals surface area contributed by atoms with Crippen molar-refractivity contribution >= 4 is 5.91 Å². The summed E-state index contributed by atoms with van der Waals surface area (Å²) in [5.41, 5.74) is 2.75. The second-order valence-electron chi connectivity index (χ2n) is 8.93. The standard InChI is InChI=1S/C24H36N2O2/c27-24(26-13-1-2-14-26)8-7-20-3-5-21(6-4-20)19-22-9-15-25(16-10-22)23-11-17-28-18-12-23/h3-6,22-23H,1-2,7-19H2. The number of carbonyl (C=O) groups excluding carboxylic acids is 1. The van der Waals surface area contributed by atoms with E-state index in [-0.39, 0.29) is 0 Å². The van der Waals surface area contributed by atoms with E-state index in [0.717, 1.165) is 44.7 Å². The lowest BCUT2D eigenvalue weighted by molar-refractivity contribution is -0.130. The van der Waals surface area contributed by atoms with Crippen LogP contribution in [0.1, 0.15) is 56.1 Å². The predicted octanol–water partition coefficient (Wildman–Crippen LogP) is 3.68. The topological polar surface area (TPSA) is 32.8 Å². The molecule has 1 aromatic rings. The highest BCUT2D eigenvalue weighted by molar-refractivity contribution is 5.76. The maximum absolute atomic E-state index is 12.2. The Bertz CT molecular complexity index is 610. The van der Waals surface area contributed by atoms with Crippen LogP contribution in [-0.4, -0.2) is 61.1 Å². The molecule has 0 bridgehead atoms. The molecule has 0 N–H and O–H groups in total. The van der Waals surface area contributed by atoms with Crippen LogP contribution in [0.5, 0.6) is 0 Å². The molecule has 0 atom stereocenters. The van der Waals surface area contributed by atoms with Gasteiger partial charge in [-0.15, -0.1) is 0 Å². The molecule has 0 spiro atoms. The Kier molecular flexibility index (Phi) is 7.03. The van der Waals surface area contributed by atoms with E-state index in [9.17, 15) is 4.79 Å². The van der Waals surface area contributed by atoms with Crippen molar-refractivity contribution in [3.8, 4) is 0 Å². The monoisotopic (exact) mass is 384 g/mol. The lowest BCUT2D eigenvalue weighted by atomic mass is 9.88. The SMILES string of the molecule is O=C(CCc1ccc(CC2CCN(C3CCOCC3)CC2)cc1)N1CCCC1. The number of hydrogen-bond acceptors (Lipinski definition) is 3. The fraction of sp³-hybridized carbons (Fsp3) is 0.708. The van der Waals surface area contributed by atoms with Crippen molar-refractivity contribution in [2.75, 3.05) is 39.4 Å². The Labute approximate surface area is 170 Å². The summed E-state index contributed by atoms with van der Waals surface area (Å²) < 4.78 is 5.51. The molecule has 3 fully saturated rings. The fourth-order valence-electron chi connectivity index (χ4n) is 5.12. The van der Waals surface area contributed by atoms with Gasteiger partial charge in [-0.3, -0.25) is 4.79 Å². The van der Waals surface area contributed by atoms with Crippen LogP contribution in [0.2, 0.25) is 0 Å². The van der Waals surface area contributed by atoms with Gasteiger partial charge in [-0.1, -0.05) is 24.3 Å². The van der Waals surface area contributed by atoms with Gasteiger partial charge in [-0.25, -0.2) is 0 Å². The number of aryl methyl sites for hydroxylation is 1. The summed E-state index contributed by atoms with van der Waals surface area (Å²) in [7, 11) is 0. The molecule has 154 valence electrons. The van der Waals surface area contributed by atoms with Crippen LogP contribution in [0, 0.1) is 5.92 Å². The van der Waals surface area contributed by atoms with Gasteiger partial charge in [0.15, 0.2) is 0 Å². The molecular weight excluding hydrogens is 348 g/mol. The number of nitrogens with zero attached hydrogens (tertiary/aromatic N) is 2. The smallest absolute Gasteiger partial charge is 0.222 e. The maximum atomic E-state index is 12.2. The Hall–Kier alpha value is -1.39. The minimum Gasteiger partial charge on any atom is -0.381 e. The van der Waals surface area contributed by atoms with Crippen LogP contribution in [0.4, 0.5) is 0 Å².